The van der Waals surface area contributed by atoms with Crippen LogP contribution in [0.25, 0.3) is 0 Å². The maximum atomic E-state index is 14.7. The minimum atomic E-state index is -1.40. The van der Waals surface area contributed by atoms with Gasteiger partial charge in [0.25, 0.3) is 0 Å². The van der Waals surface area contributed by atoms with Gasteiger partial charge in [0, 0.05) is 42.4 Å². The van der Waals surface area contributed by atoms with Crippen LogP contribution in [0.1, 0.15) is 91.1 Å². The summed E-state index contributed by atoms with van der Waals surface area (Å²) in [5, 5.41) is 0. The molecule has 1 aromatic carbocycles. The van der Waals surface area contributed by atoms with Crippen LogP contribution >= 0.6 is 0 Å². The minimum absolute atomic E-state index is 0.0284. The van der Waals surface area contributed by atoms with Crippen LogP contribution in [-0.4, -0.2) is 39.9 Å². The standard InChI is InChI=1S/C35H40O7/c1-11-32(7,8)40-25-18-26(39-21(6)36)28-29(37)24-16-22-17-27-33(9,10)42-34(31(22)38,15-14-20(4)5)35(24,27)41-30(28)23(25)13-12-19(2)3/h1,12,14,16,18,22,27H,13,15,17H2,2-10H3/t22-,27+,34+,35-/m1/s1. The second-order valence-corrected chi connectivity index (χ2v) is 13.4. The van der Waals surface area contributed by atoms with Gasteiger partial charge in [0.05, 0.1) is 5.60 Å². The zero-order valence-corrected chi connectivity index (χ0v) is 26.0. The van der Waals surface area contributed by atoms with Gasteiger partial charge in [-0.15, -0.1) is 6.42 Å². The molecule has 0 N–H and O–H groups in total. The van der Waals surface area contributed by atoms with Crippen molar-refractivity contribution in [2.45, 2.75) is 104 Å². The highest BCUT2D eigenvalue weighted by Crippen LogP contribution is 2.68. The van der Waals surface area contributed by atoms with Crippen LogP contribution in [0.3, 0.4) is 0 Å². The topological polar surface area (TPSA) is 88.1 Å². The highest BCUT2D eigenvalue weighted by Gasteiger charge is 2.81. The van der Waals surface area contributed by atoms with E-state index >= 15 is 0 Å². The Morgan fingerprint density at radius 3 is 2.38 bits per heavy atom. The fourth-order valence-corrected chi connectivity index (χ4v) is 7.09. The van der Waals surface area contributed by atoms with Crippen molar-refractivity contribution in [3.05, 3.63) is 52.1 Å². The molecule has 0 amide bonds. The lowest BCUT2D eigenvalue weighted by Crippen LogP contribution is -2.72. The number of hydrogen-bond acceptors (Lipinski definition) is 7. The van der Waals surface area contributed by atoms with Gasteiger partial charge in [0.2, 0.25) is 0 Å². The summed E-state index contributed by atoms with van der Waals surface area (Å²) in [6.45, 7) is 16.6. The van der Waals surface area contributed by atoms with Gasteiger partial charge in [-0.25, -0.2) is 0 Å². The summed E-state index contributed by atoms with van der Waals surface area (Å²) in [4.78, 5) is 41.2. The molecular weight excluding hydrogens is 532 g/mol. The summed E-state index contributed by atoms with van der Waals surface area (Å²) in [5.74, 6) is 1.48. The smallest absolute Gasteiger partial charge is 0.308 e. The fourth-order valence-electron chi connectivity index (χ4n) is 7.09. The van der Waals surface area contributed by atoms with Crippen molar-refractivity contribution in [1.82, 2.24) is 0 Å². The van der Waals surface area contributed by atoms with Gasteiger partial charge < -0.3 is 18.9 Å². The average Bonchev–Trinajstić information content (AvgIpc) is 3.03. The third-order valence-corrected chi connectivity index (χ3v) is 8.88. The zero-order valence-electron chi connectivity index (χ0n) is 26.0. The van der Waals surface area contributed by atoms with E-state index in [0.29, 0.717) is 29.7 Å². The molecule has 1 spiro atoms. The van der Waals surface area contributed by atoms with Crippen molar-refractivity contribution in [3.63, 3.8) is 0 Å². The molecule has 1 aromatic rings. The third kappa shape index (κ3) is 4.26. The molecule has 1 saturated carbocycles. The van der Waals surface area contributed by atoms with Crippen LogP contribution < -0.4 is 14.2 Å². The van der Waals surface area contributed by atoms with Crippen LogP contribution in [0.4, 0.5) is 0 Å². The van der Waals surface area contributed by atoms with Gasteiger partial charge in [-0.05, 0) is 68.2 Å². The monoisotopic (exact) mass is 572 g/mol. The van der Waals surface area contributed by atoms with E-state index in [1.165, 1.54) is 6.92 Å². The molecule has 7 nitrogen and oxygen atoms in total. The number of benzene rings is 1. The Kier molecular flexibility index (Phi) is 6.90. The number of allylic oxidation sites excluding steroid dienone is 4. The van der Waals surface area contributed by atoms with E-state index < -0.39 is 34.3 Å². The first-order chi connectivity index (χ1) is 19.5. The van der Waals surface area contributed by atoms with Crippen molar-refractivity contribution >= 4 is 17.5 Å². The Balaban J connectivity index is 1.86. The molecule has 4 atom stereocenters. The first kappa shape index (κ1) is 29.8. The lowest BCUT2D eigenvalue weighted by Gasteiger charge is -2.56. The highest BCUT2D eigenvalue weighted by molar-refractivity contribution is 6.18. The minimum Gasteiger partial charge on any atom is -0.477 e. The van der Waals surface area contributed by atoms with Crippen LogP contribution in [-0.2, 0) is 20.7 Å². The van der Waals surface area contributed by atoms with Crippen LogP contribution in [0.15, 0.2) is 41.0 Å². The number of carbonyl (C=O) groups is 3. The summed E-state index contributed by atoms with van der Waals surface area (Å²) >= 11 is 0. The van der Waals surface area contributed by atoms with E-state index in [1.807, 2.05) is 53.7 Å². The lowest BCUT2D eigenvalue weighted by atomic mass is 9.51. The van der Waals surface area contributed by atoms with E-state index in [1.54, 1.807) is 26.0 Å². The molecule has 2 fully saturated rings. The summed E-state index contributed by atoms with van der Waals surface area (Å²) in [6.07, 6.45) is 12.7. The summed E-state index contributed by atoms with van der Waals surface area (Å²) in [7, 11) is 0. The number of rotatable bonds is 7. The first-order valence-corrected chi connectivity index (χ1v) is 14.5. The quantitative estimate of drug-likeness (QED) is 0.165. The van der Waals surface area contributed by atoms with E-state index in [9.17, 15) is 14.4 Å². The molecule has 42 heavy (non-hydrogen) atoms. The molecule has 2 heterocycles. The molecule has 5 aliphatic rings. The molecular formula is C35H40O7. The molecule has 0 radical (unpaired) electrons. The number of terminal acetylenes is 1. The second-order valence-electron chi connectivity index (χ2n) is 13.4. The molecule has 0 aromatic heterocycles. The van der Waals surface area contributed by atoms with Crippen molar-refractivity contribution in [2.24, 2.45) is 11.8 Å². The van der Waals surface area contributed by atoms with Crippen molar-refractivity contribution < 1.29 is 33.3 Å². The number of ether oxygens (including phenoxy) is 4. The number of esters is 1. The molecule has 1 saturated heterocycles. The Morgan fingerprint density at radius 1 is 1.12 bits per heavy atom. The first-order valence-electron chi connectivity index (χ1n) is 14.5. The van der Waals surface area contributed by atoms with Crippen molar-refractivity contribution in [2.75, 3.05) is 0 Å². The zero-order chi connectivity index (χ0) is 31.0. The highest BCUT2D eigenvalue weighted by atomic mass is 16.6. The predicted octanol–water partition coefficient (Wildman–Crippen LogP) is 6.27. The van der Waals surface area contributed by atoms with Gasteiger partial charge in [-0.1, -0.05) is 35.3 Å². The summed E-state index contributed by atoms with van der Waals surface area (Å²) < 4.78 is 25.9. The van der Waals surface area contributed by atoms with Crippen LogP contribution in [0, 0.1) is 24.2 Å². The average molecular weight is 573 g/mol. The number of hydrogen-bond donors (Lipinski definition) is 0. The van der Waals surface area contributed by atoms with E-state index in [2.05, 4.69) is 5.92 Å². The lowest BCUT2D eigenvalue weighted by molar-refractivity contribution is -0.171. The van der Waals surface area contributed by atoms with Crippen LogP contribution in [0.5, 0.6) is 17.2 Å². The van der Waals surface area contributed by atoms with Gasteiger partial charge in [0.1, 0.15) is 22.8 Å². The molecule has 3 aliphatic carbocycles. The SMILES string of the molecule is C#CC(C)(C)Oc1cc(OC(C)=O)c2c(c1CC=C(C)C)O[C@]13C(=C[C@@H]4C[C@H]1C(C)(C)O[C@@]3(CC=C(C)C)C4=O)C2=O. The van der Waals surface area contributed by atoms with E-state index in [-0.39, 0.29) is 41.0 Å². The number of fused-ring (bicyclic) bond motifs is 1. The molecule has 6 rings (SSSR count). The van der Waals surface area contributed by atoms with Gasteiger partial charge in [-0.3, -0.25) is 14.4 Å². The Labute approximate surface area is 248 Å². The number of ketones is 2. The predicted molar refractivity (Wildman–Crippen MR) is 159 cm³/mol. The Morgan fingerprint density at radius 2 is 1.79 bits per heavy atom. The molecule has 2 aliphatic heterocycles. The number of carbonyl (C=O) groups excluding carboxylic acids is 3. The Bertz CT molecular complexity index is 1540. The fraction of sp³-hybridized carbons (Fsp3) is 0.514. The summed E-state index contributed by atoms with van der Waals surface area (Å²) in [5.41, 5.74) is -1.35. The number of Topliss-reactive ketones (excluding diaryl/α,β-unsaturated/α-hetero) is 2. The second kappa shape index (κ2) is 9.70. The molecule has 7 heteroatoms. The maximum Gasteiger partial charge on any atom is 0.308 e. The van der Waals surface area contributed by atoms with Crippen LogP contribution in [0.2, 0.25) is 0 Å². The van der Waals surface area contributed by atoms with E-state index in [0.717, 1.165) is 11.1 Å². The van der Waals surface area contributed by atoms with E-state index in [4.69, 9.17) is 25.4 Å². The van der Waals surface area contributed by atoms with Gasteiger partial charge in [0.15, 0.2) is 28.4 Å². The third-order valence-electron chi connectivity index (χ3n) is 8.88. The summed E-state index contributed by atoms with van der Waals surface area (Å²) in [6, 6.07) is 1.55. The van der Waals surface area contributed by atoms with Crippen molar-refractivity contribution in [1.29, 1.82) is 0 Å². The molecule has 0 unspecified atom stereocenters. The largest absolute Gasteiger partial charge is 0.477 e. The molecule has 4 bridgehead atoms. The van der Waals surface area contributed by atoms with Gasteiger partial charge in [-0.2, -0.15) is 0 Å². The normalized spacial score (nSPS) is 28.0. The molecule has 222 valence electrons. The maximum absolute atomic E-state index is 14.7. The Hall–Kier alpha value is -3.63. The van der Waals surface area contributed by atoms with Crippen molar-refractivity contribution in [3.8, 4) is 29.6 Å². The van der Waals surface area contributed by atoms with Gasteiger partial charge >= 0.3 is 5.97 Å².